The number of ether oxygens (including phenoxy) is 2. The minimum atomic E-state index is -0.270. The molecule has 1 heterocycles. The molecule has 6 nitrogen and oxygen atoms in total. The summed E-state index contributed by atoms with van der Waals surface area (Å²) in [6.45, 7) is 4.17. The van der Waals surface area contributed by atoms with Crippen molar-refractivity contribution < 1.29 is 14.3 Å². The number of esters is 1. The maximum Gasteiger partial charge on any atom is 0.306 e. The van der Waals surface area contributed by atoms with E-state index in [9.17, 15) is 9.59 Å². The van der Waals surface area contributed by atoms with Crippen LogP contribution in [0.15, 0.2) is 28.2 Å². The van der Waals surface area contributed by atoms with E-state index in [4.69, 9.17) is 21.1 Å². The number of aromatic nitrogens is 2. The molecular formula is C22H30BrClN2O4S. The molecule has 0 radical (unpaired) electrons. The summed E-state index contributed by atoms with van der Waals surface area (Å²) >= 11 is 11.2. The predicted molar refractivity (Wildman–Crippen MR) is 131 cm³/mol. The first-order valence-corrected chi connectivity index (χ1v) is 13.1. The molecule has 1 aromatic carbocycles. The first-order chi connectivity index (χ1) is 15.1. The van der Waals surface area contributed by atoms with Gasteiger partial charge in [0.05, 0.1) is 41.9 Å². The molecule has 1 atom stereocenters. The van der Waals surface area contributed by atoms with Gasteiger partial charge in [0.15, 0.2) is 0 Å². The number of unbranched alkanes of at least 4 members (excludes halogenated alkanes) is 2. The van der Waals surface area contributed by atoms with Crippen molar-refractivity contribution >= 4 is 56.2 Å². The first-order valence-electron chi connectivity index (χ1n) is 10.6. The van der Waals surface area contributed by atoms with Crippen LogP contribution in [0.3, 0.4) is 0 Å². The lowest BCUT2D eigenvalue weighted by atomic mass is 9.99. The average Bonchev–Trinajstić information content (AvgIpc) is 2.76. The number of thioether (sulfide) groups is 1. The van der Waals surface area contributed by atoms with Crippen molar-refractivity contribution in [2.45, 2.75) is 50.3 Å². The van der Waals surface area contributed by atoms with Crippen LogP contribution in [0.1, 0.15) is 45.4 Å². The van der Waals surface area contributed by atoms with Crippen LogP contribution in [-0.4, -0.2) is 46.8 Å². The summed E-state index contributed by atoms with van der Waals surface area (Å²) in [4.78, 5) is 31.5. The van der Waals surface area contributed by atoms with E-state index in [1.807, 2.05) is 6.07 Å². The number of carbonyl (C=O) groups excluding carboxylic acids is 1. The monoisotopic (exact) mass is 532 g/mol. The number of rotatable bonds is 15. The Hall–Kier alpha value is -1.09. The molecule has 2 aromatic rings. The summed E-state index contributed by atoms with van der Waals surface area (Å²) in [7, 11) is 0. The van der Waals surface area contributed by atoms with Crippen molar-refractivity contribution in [3.05, 3.63) is 33.8 Å². The van der Waals surface area contributed by atoms with E-state index in [1.165, 1.54) is 18.1 Å². The molecule has 0 bridgehead atoms. The zero-order chi connectivity index (χ0) is 22.5. The number of hydrogen-bond donors (Lipinski definition) is 1. The highest BCUT2D eigenvalue weighted by Gasteiger charge is 2.13. The van der Waals surface area contributed by atoms with Gasteiger partial charge in [-0.1, -0.05) is 53.7 Å². The molecule has 1 N–H and O–H groups in total. The Kier molecular flexibility index (Phi) is 12.6. The van der Waals surface area contributed by atoms with E-state index in [0.717, 1.165) is 55.5 Å². The zero-order valence-electron chi connectivity index (χ0n) is 17.8. The molecule has 0 amide bonds. The number of nitrogens with one attached hydrogen (secondary N) is 1. The Bertz CT molecular complexity index is 880. The smallest absolute Gasteiger partial charge is 0.306 e. The third-order valence-electron chi connectivity index (χ3n) is 4.95. The van der Waals surface area contributed by atoms with Crippen molar-refractivity contribution in [1.29, 1.82) is 0 Å². The van der Waals surface area contributed by atoms with Crippen LogP contribution in [0.25, 0.3) is 10.9 Å². The topological polar surface area (TPSA) is 81.3 Å². The number of alkyl halides is 1. The molecule has 0 saturated carbocycles. The highest BCUT2D eigenvalue weighted by atomic mass is 79.9. The first kappa shape index (κ1) is 26.2. The van der Waals surface area contributed by atoms with E-state index in [0.29, 0.717) is 40.6 Å². The lowest BCUT2D eigenvalue weighted by Crippen LogP contribution is -2.14. The van der Waals surface area contributed by atoms with Crippen LogP contribution in [0.2, 0.25) is 5.02 Å². The van der Waals surface area contributed by atoms with Crippen molar-refractivity contribution in [1.82, 2.24) is 9.97 Å². The van der Waals surface area contributed by atoms with Crippen LogP contribution in [0, 0.1) is 5.92 Å². The second kappa shape index (κ2) is 14.9. The fourth-order valence-electron chi connectivity index (χ4n) is 3.12. The molecule has 31 heavy (non-hydrogen) atoms. The molecule has 0 aliphatic rings. The molecule has 0 aliphatic carbocycles. The zero-order valence-corrected chi connectivity index (χ0v) is 21.0. The van der Waals surface area contributed by atoms with Gasteiger partial charge in [-0.15, -0.1) is 11.8 Å². The Morgan fingerprint density at radius 1 is 1.29 bits per heavy atom. The summed E-state index contributed by atoms with van der Waals surface area (Å²) in [6, 6.07) is 3.59. The van der Waals surface area contributed by atoms with Gasteiger partial charge in [-0.2, -0.15) is 0 Å². The number of halogens is 2. The van der Waals surface area contributed by atoms with Crippen LogP contribution < -0.4 is 5.56 Å². The predicted octanol–water partition coefficient (Wildman–Crippen LogP) is 5.60. The third kappa shape index (κ3) is 9.12. The van der Waals surface area contributed by atoms with Crippen molar-refractivity contribution in [2.24, 2.45) is 5.92 Å². The summed E-state index contributed by atoms with van der Waals surface area (Å²) < 4.78 is 10.9. The van der Waals surface area contributed by atoms with E-state index >= 15 is 0 Å². The van der Waals surface area contributed by atoms with E-state index in [1.54, 1.807) is 6.07 Å². The Balaban J connectivity index is 1.67. The summed E-state index contributed by atoms with van der Waals surface area (Å²) in [5, 5.41) is 1.62. The molecule has 9 heteroatoms. The minimum absolute atomic E-state index is 0.203. The largest absolute Gasteiger partial charge is 0.465 e. The number of nitrogens with zero attached hydrogens (tertiary/aromatic N) is 1. The molecule has 0 aliphatic heterocycles. The molecule has 0 spiro atoms. The summed E-state index contributed by atoms with van der Waals surface area (Å²) in [6.07, 6.45) is 7.03. The molecule has 1 unspecified atom stereocenters. The van der Waals surface area contributed by atoms with Gasteiger partial charge < -0.3 is 14.5 Å². The number of benzene rings is 1. The molecule has 1 aromatic heterocycles. The lowest BCUT2D eigenvalue weighted by Gasteiger charge is -2.15. The second-order valence-corrected chi connectivity index (χ2v) is 9.52. The lowest BCUT2D eigenvalue weighted by molar-refractivity contribution is -0.144. The number of hydrogen-bond acceptors (Lipinski definition) is 6. The minimum Gasteiger partial charge on any atom is -0.465 e. The standard InChI is InChI=1S/C22H30BrClN2O4S/c1-2-16(6-4-3-5-11-29-12-10-23)14-30-19(27)9-13-31-18-8-7-17-20(21(18)24)22(28)26-15-25-17/h7-8,15-16H,2-6,9-14H2,1H3,(H,25,26,28). The van der Waals surface area contributed by atoms with E-state index in [-0.39, 0.29) is 11.5 Å². The van der Waals surface area contributed by atoms with Crippen LogP contribution >= 0.6 is 39.3 Å². The number of aromatic amines is 1. The van der Waals surface area contributed by atoms with Crippen LogP contribution in [-0.2, 0) is 14.3 Å². The van der Waals surface area contributed by atoms with Crippen molar-refractivity contribution in [2.75, 3.05) is 30.9 Å². The van der Waals surface area contributed by atoms with Gasteiger partial charge in [0.1, 0.15) is 0 Å². The number of H-pyrrole nitrogens is 1. The maximum atomic E-state index is 12.1. The second-order valence-electron chi connectivity index (χ2n) is 7.21. The van der Waals surface area contributed by atoms with Crippen molar-refractivity contribution in [3.8, 4) is 0 Å². The fraction of sp³-hybridized carbons (Fsp3) is 0.591. The molecule has 0 fully saturated rings. The highest BCUT2D eigenvalue weighted by molar-refractivity contribution is 9.09. The Labute approximate surface area is 201 Å². The van der Waals surface area contributed by atoms with Gasteiger partial charge in [-0.05, 0) is 30.9 Å². The van der Waals surface area contributed by atoms with Gasteiger partial charge >= 0.3 is 5.97 Å². The van der Waals surface area contributed by atoms with Gasteiger partial charge in [0.2, 0.25) is 0 Å². The highest BCUT2D eigenvalue weighted by Crippen LogP contribution is 2.31. The molecule has 2 rings (SSSR count). The fourth-order valence-corrected chi connectivity index (χ4v) is 4.64. The van der Waals surface area contributed by atoms with E-state index in [2.05, 4.69) is 32.8 Å². The number of fused-ring (bicyclic) bond motifs is 1. The van der Waals surface area contributed by atoms with Gasteiger partial charge in [-0.3, -0.25) is 9.59 Å². The van der Waals surface area contributed by atoms with E-state index < -0.39 is 0 Å². The summed E-state index contributed by atoms with van der Waals surface area (Å²) in [5.41, 5.74) is 0.281. The molecule has 172 valence electrons. The number of carbonyl (C=O) groups is 1. The van der Waals surface area contributed by atoms with Crippen molar-refractivity contribution in [3.63, 3.8) is 0 Å². The average molecular weight is 534 g/mol. The SMILES string of the molecule is CCC(CCCCCOCCBr)COC(=O)CCSc1ccc2nc[nH]c(=O)c2c1Cl. The van der Waals surface area contributed by atoms with Gasteiger partial charge in [0.25, 0.3) is 5.56 Å². The third-order valence-corrected chi connectivity index (χ3v) is 6.84. The van der Waals surface area contributed by atoms with Gasteiger partial charge in [0, 0.05) is 22.6 Å². The Morgan fingerprint density at radius 2 is 2.13 bits per heavy atom. The molecular weight excluding hydrogens is 504 g/mol. The normalized spacial score (nSPS) is 12.2. The molecule has 0 saturated heterocycles. The van der Waals surface area contributed by atoms with Crippen LogP contribution in [0.4, 0.5) is 0 Å². The maximum absolute atomic E-state index is 12.1. The summed E-state index contributed by atoms with van der Waals surface area (Å²) in [5.74, 6) is 0.729. The quantitative estimate of drug-likeness (QED) is 0.139. The van der Waals surface area contributed by atoms with Crippen LogP contribution in [0.5, 0.6) is 0 Å². The Morgan fingerprint density at radius 3 is 2.90 bits per heavy atom. The van der Waals surface area contributed by atoms with Gasteiger partial charge in [-0.25, -0.2) is 4.98 Å².